The van der Waals surface area contributed by atoms with E-state index >= 15 is 0 Å². The van der Waals surface area contributed by atoms with Crippen LogP contribution in [0.15, 0.2) is 39.5 Å². The molecule has 1 saturated heterocycles. The molecule has 3 N–H and O–H groups in total. The number of nitrogens with one attached hydrogen (secondary N) is 1. The molecule has 0 bridgehead atoms. The second-order valence-corrected chi connectivity index (χ2v) is 10.8. The number of hydrogen-bond donors (Lipinski definition) is 2. The molecule has 2 heterocycles. The molecule has 0 unspecified atom stereocenters. The fourth-order valence-electron chi connectivity index (χ4n) is 4.86. The van der Waals surface area contributed by atoms with Crippen LogP contribution in [0, 0.1) is 17.7 Å². The van der Waals surface area contributed by atoms with Gasteiger partial charge in [-0.15, -0.1) is 0 Å². The van der Waals surface area contributed by atoms with Crippen LogP contribution >= 0.6 is 27.7 Å². The Bertz CT molecular complexity index is 1000. The summed E-state index contributed by atoms with van der Waals surface area (Å²) in [6, 6.07) is 8.82. The van der Waals surface area contributed by atoms with Crippen molar-refractivity contribution in [2.75, 3.05) is 32.4 Å². The fourth-order valence-corrected chi connectivity index (χ4v) is 6.01. The Labute approximate surface area is 190 Å². The zero-order valence-electron chi connectivity index (χ0n) is 17.7. The molecule has 0 spiro atoms. The van der Waals surface area contributed by atoms with E-state index in [4.69, 9.17) is 15.6 Å². The second kappa shape index (κ2) is 8.13. The lowest BCUT2D eigenvalue weighted by Crippen LogP contribution is -2.30. The lowest BCUT2D eigenvalue weighted by atomic mass is 9.90. The molecule has 8 heteroatoms. The molecule has 2 atom stereocenters. The number of amidine groups is 2. The maximum atomic E-state index is 8.33. The number of benzene rings is 1. The van der Waals surface area contributed by atoms with Crippen molar-refractivity contribution in [2.45, 2.75) is 32.1 Å². The van der Waals surface area contributed by atoms with E-state index in [0.29, 0.717) is 27.6 Å². The van der Waals surface area contributed by atoms with Gasteiger partial charge in [-0.3, -0.25) is 0 Å². The normalized spacial score (nSPS) is 26.4. The lowest BCUT2D eigenvalue weighted by molar-refractivity contribution is -0.366. The van der Waals surface area contributed by atoms with Crippen LogP contribution in [0.25, 0.3) is 0 Å². The molecule has 160 valence electrons. The summed E-state index contributed by atoms with van der Waals surface area (Å²) < 4.78 is 8.16. The number of aromatic nitrogens is 1. The van der Waals surface area contributed by atoms with E-state index < -0.39 is 0 Å². The van der Waals surface area contributed by atoms with Crippen molar-refractivity contribution < 1.29 is 8.99 Å². The molecule has 1 saturated carbocycles. The molecule has 30 heavy (non-hydrogen) atoms. The van der Waals surface area contributed by atoms with Crippen LogP contribution < -0.4 is 5.73 Å². The first-order chi connectivity index (χ1) is 14.3. The molecular weight excluding hydrogens is 462 g/mol. The molecule has 4 rings (SSSR count). The van der Waals surface area contributed by atoms with E-state index in [1.807, 2.05) is 6.92 Å². The Morgan fingerprint density at radius 1 is 1.43 bits per heavy atom. The van der Waals surface area contributed by atoms with Gasteiger partial charge in [0.15, 0.2) is 6.39 Å². The molecule has 1 aliphatic carbocycles. The molecule has 0 amide bonds. The summed E-state index contributed by atoms with van der Waals surface area (Å²) >= 11 is 5.15. The molecule has 1 aromatic carbocycles. The molecule has 2 aliphatic rings. The average molecular weight is 491 g/mol. The van der Waals surface area contributed by atoms with Crippen LogP contribution in [0.5, 0.6) is 0 Å². The second-order valence-electron chi connectivity index (χ2n) is 8.76. The third-order valence-electron chi connectivity index (χ3n) is 6.67. The molecule has 2 fully saturated rings. The van der Waals surface area contributed by atoms with Gasteiger partial charge in [0.05, 0.1) is 12.7 Å². The highest BCUT2D eigenvalue weighted by molar-refractivity contribution is 9.10. The van der Waals surface area contributed by atoms with E-state index in [0.717, 1.165) is 42.0 Å². The van der Waals surface area contributed by atoms with E-state index in [1.165, 1.54) is 30.1 Å². The van der Waals surface area contributed by atoms with Gasteiger partial charge < -0.3 is 15.1 Å². The largest absolute Gasteiger partial charge is 0.437 e. The minimum absolute atomic E-state index is 0.315. The van der Waals surface area contributed by atoms with Crippen LogP contribution in [-0.4, -0.2) is 57.9 Å². The standard InChI is InChI=1S/C22H28BrN5OS/c1-15-18(29-14-26-15)19(24)27(3)20(25)30-9-5-8-28-12-21(2)11-22(21,13-28)16-6-4-7-17(23)10-16/h4,6-7,10,14,24-25H,5,8-9,11-13H2,1-3H3/p+1/t21-,22+/m1/s1. The van der Waals surface area contributed by atoms with Gasteiger partial charge in [0.1, 0.15) is 0 Å². The number of oxazole rings is 1. The zero-order valence-corrected chi connectivity index (χ0v) is 20.1. The first kappa shape index (κ1) is 21.6. The predicted octanol–water partition coefficient (Wildman–Crippen LogP) is 3.81. The van der Waals surface area contributed by atoms with E-state index in [-0.39, 0.29) is 0 Å². The maximum absolute atomic E-state index is 8.33. The molecule has 1 aliphatic heterocycles. The van der Waals surface area contributed by atoms with Gasteiger partial charge in [0.25, 0.3) is 11.0 Å². The van der Waals surface area contributed by atoms with Gasteiger partial charge in [-0.2, -0.15) is 5.41 Å². The smallest absolute Gasteiger partial charge is 0.290 e. The molecule has 2 aromatic rings. The van der Waals surface area contributed by atoms with Gasteiger partial charge in [-0.1, -0.05) is 46.7 Å². The number of nitrogens with zero attached hydrogens (tertiary/aromatic N) is 3. The summed E-state index contributed by atoms with van der Waals surface area (Å²) in [5.41, 5.74) is 9.06. The number of fused-ring (bicyclic) bond motifs is 1. The van der Waals surface area contributed by atoms with E-state index in [9.17, 15) is 0 Å². The summed E-state index contributed by atoms with van der Waals surface area (Å²) in [5.74, 6) is 1.85. The number of hydrogen-bond acceptors (Lipinski definition) is 5. The highest BCUT2D eigenvalue weighted by atomic mass is 79.9. The van der Waals surface area contributed by atoms with Crippen LogP contribution in [0.4, 0.5) is 0 Å². The topological polar surface area (TPSA) is 82.1 Å². The minimum Gasteiger partial charge on any atom is -0.437 e. The fraction of sp³-hybridized carbons (Fsp3) is 0.500. The monoisotopic (exact) mass is 490 g/mol. The summed E-state index contributed by atoms with van der Waals surface area (Å²) in [5, 5.41) is 8.75. The summed E-state index contributed by atoms with van der Waals surface area (Å²) in [4.78, 5) is 6.66. The van der Waals surface area contributed by atoms with Crippen molar-refractivity contribution in [3.63, 3.8) is 0 Å². The van der Waals surface area contributed by atoms with Crippen LogP contribution in [0.1, 0.15) is 36.8 Å². The van der Waals surface area contributed by atoms with Gasteiger partial charge in [-0.05, 0) is 49.4 Å². The minimum atomic E-state index is 0.315. The number of nitrogens with two attached hydrogens (primary N) is 1. The Morgan fingerprint density at radius 3 is 2.93 bits per heavy atom. The van der Waals surface area contributed by atoms with E-state index in [2.05, 4.69) is 57.0 Å². The average Bonchev–Trinajstić information content (AvgIpc) is 2.99. The van der Waals surface area contributed by atoms with E-state index in [1.54, 1.807) is 11.6 Å². The van der Waals surface area contributed by atoms with Gasteiger partial charge in [0, 0.05) is 28.7 Å². The maximum Gasteiger partial charge on any atom is 0.290 e. The van der Waals surface area contributed by atoms with Gasteiger partial charge in [0.2, 0.25) is 5.76 Å². The summed E-state index contributed by atoms with van der Waals surface area (Å²) in [6.45, 7) is 7.63. The summed E-state index contributed by atoms with van der Waals surface area (Å²) in [7, 11) is 1.79. The molecular formula is C22H29BrN5OS+. The van der Waals surface area contributed by atoms with Crippen molar-refractivity contribution in [3.8, 4) is 0 Å². The quantitative estimate of drug-likeness (QED) is 0.278. The third kappa shape index (κ3) is 3.85. The first-order valence-electron chi connectivity index (χ1n) is 10.2. The Balaban J connectivity index is 1.28. The highest BCUT2D eigenvalue weighted by Gasteiger charge is 2.69. The Hall–Kier alpha value is -1.64. The Kier molecular flexibility index (Phi) is 5.85. The van der Waals surface area contributed by atoms with Gasteiger partial charge in [-0.25, -0.2) is 9.56 Å². The first-order valence-corrected chi connectivity index (χ1v) is 12.0. The number of piperidine rings is 1. The number of likely N-dealkylation sites (tertiary alicyclic amines) is 1. The van der Waals surface area contributed by atoms with Crippen LogP contribution in [-0.2, 0) is 5.41 Å². The van der Waals surface area contributed by atoms with Gasteiger partial charge >= 0.3 is 0 Å². The molecule has 6 nitrogen and oxygen atoms in total. The highest BCUT2D eigenvalue weighted by Crippen LogP contribution is 2.68. The van der Waals surface area contributed by atoms with Crippen molar-refractivity contribution in [1.29, 1.82) is 5.41 Å². The van der Waals surface area contributed by atoms with Crippen LogP contribution in [0.2, 0.25) is 0 Å². The number of halogens is 1. The van der Waals surface area contributed by atoms with Crippen LogP contribution in [0.3, 0.4) is 0 Å². The number of thioether (sulfide) groups is 1. The molecule has 1 aromatic heterocycles. The molecule has 0 radical (unpaired) electrons. The number of rotatable bonds is 6. The zero-order chi connectivity index (χ0) is 21.5. The lowest BCUT2D eigenvalue weighted by Gasteiger charge is -2.21. The predicted molar refractivity (Wildman–Crippen MR) is 126 cm³/mol. The van der Waals surface area contributed by atoms with Crippen molar-refractivity contribution in [2.24, 2.45) is 11.1 Å². The SMILES string of the molecule is Cc1ncoc1C(N)=[N+](C)C(=N)SCCCN1C[C@@]2(C)C[C@@]2(c2cccc(Br)c2)C1. The summed E-state index contributed by atoms with van der Waals surface area (Å²) in [6.07, 6.45) is 3.71. The van der Waals surface area contributed by atoms with Crippen molar-refractivity contribution >= 4 is 38.7 Å². The van der Waals surface area contributed by atoms with Crippen molar-refractivity contribution in [1.82, 2.24) is 9.88 Å². The third-order valence-corrected chi connectivity index (χ3v) is 8.20. The number of aryl methyl sites for hydroxylation is 1. The van der Waals surface area contributed by atoms with Crippen molar-refractivity contribution in [3.05, 3.63) is 52.1 Å². The Morgan fingerprint density at radius 2 is 2.23 bits per heavy atom.